The van der Waals surface area contributed by atoms with Gasteiger partial charge >= 0.3 is 5.97 Å². The average Bonchev–Trinajstić information content (AvgIpc) is 2.26. The van der Waals surface area contributed by atoms with Crippen LogP contribution >= 0.6 is 0 Å². The third-order valence-electron chi connectivity index (χ3n) is 1.92. The van der Waals surface area contributed by atoms with Gasteiger partial charge in [0.1, 0.15) is 5.75 Å². The maximum absolute atomic E-state index is 11.5. The summed E-state index contributed by atoms with van der Waals surface area (Å²) in [6, 6.07) is 3.98. The summed E-state index contributed by atoms with van der Waals surface area (Å²) in [6.07, 6.45) is 0. The van der Waals surface area contributed by atoms with E-state index in [0.29, 0.717) is 0 Å². The standard InChI is InChI=1S/C10H11NO5/c12-5-8(10(15)16)11-9(14)6-1-3-7(13)4-2-6/h1-4,8,12-13H,5H2,(H,11,14)(H,15,16)/t8-/m1/s1. The molecule has 1 atom stereocenters. The molecule has 1 aromatic rings. The molecule has 0 bridgehead atoms. The molecule has 86 valence electrons. The van der Waals surface area contributed by atoms with Crippen LogP contribution in [-0.2, 0) is 4.79 Å². The number of rotatable bonds is 4. The Morgan fingerprint density at radius 3 is 2.25 bits per heavy atom. The molecule has 16 heavy (non-hydrogen) atoms. The Bertz CT molecular complexity index is 387. The molecule has 0 radical (unpaired) electrons. The molecule has 0 spiro atoms. The van der Waals surface area contributed by atoms with Gasteiger partial charge in [-0.05, 0) is 24.3 Å². The lowest BCUT2D eigenvalue weighted by Crippen LogP contribution is -2.43. The summed E-state index contributed by atoms with van der Waals surface area (Å²) in [5.74, 6) is -1.93. The van der Waals surface area contributed by atoms with E-state index in [-0.39, 0.29) is 11.3 Å². The van der Waals surface area contributed by atoms with Gasteiger partial charge in [-0.2, -0.15) is 0 Å². The summed E-state index contributed by atoms with van der Waals surface area (Å²) in [4.78, 5) is 22.0. The van der Waals surface area contributed by atoms with Gasteiger partial charge in [0, 0.05) is 5.56 Å². The van der Waals surface area contributed by atoms with Crippen molar-refractivity contribution >= 4 is 11.9 Å². The van der Waals surface area contributed by atoms with Crippen LogP contribution in [0.4, 0.5) is 0 Å². The number of aliphatic hydroxyl groups excluding tert-OH is 1. The molecule has 0 aliphatic carbocycles. The van der Waals surface area contributed by atoms with Gasteiger partial charge < -0.3 is 20.6 Å². The summed E-state index contributed by atoms with van der Waals surface area (Å²) in [5.41, 5.74) is 0.206. The smallest absolute Gasteiger partial charge is 0.328 e. The summed E-state index contributed by atoms with van der Waals surface area (Å²) >= 11 is 0. The predicted molar refractivity (Wildman–Crippen MR) is 54.1 cm³/mol. The van der Waals surface area contributed by atoms with E-state index in [0.717, 1.165) is 0 Å². The fourth-order valence-corrected chi connectivity index (χ4v) is 1.04. The second-order valence-electron chi connectivity index (χ2n) is 3.09. The number of aromatic hydroxyl groups is 1. The van der Waals surface area contributed by atoms with E-state index in [1.165, 1.54) is 24.3 Å². The topological polar surface area (TPSA) is 107 Å². The van der Waals surface area contributed by atoms with Gasteiger partial charge in [0.15, 0.2) is 6.04 Å². The second-order valence-corrected chi connectivity index (χ2v) is 3.09. The number of benzene rings is 1. The third-order valence-corrected chi connectivity index (χ3v) is 1.92. The molecule has 0 saturated carbocycles. The van der Waals surface area contributed by atoms with E-state index in [1.54, 1.807) is 0 Å². The maximum Gasteiger partial charge on any atom is 0.328 e. The van der Waals surface area contributed by atoms with Crippen molar-refractivity contribution < 1.29 is 24.9 Å². The summed E-state index contributed by atoms with van der Waals surface area (Å²) < 4.78 is 0. The van der Waals surface area contributed by atoms with Crippen LogP contribution < -0.4 is 5.32 Å². The van der Waals surface area contributed by atoms with Crippen molar-refractivity contribution in [2.45, 2.75) is 6.04 Å². The highest BCUT2D eigenvalue weighted by Crippen LogP contribution is 2.09. The summed E-state index contributed by atoms with van der Waals surface area (Å²) in [7, 11) is 0. The van der Waals surface area contributed by atoms with Crippen molar-refractivity contribution in [3.63, 3.8) is 0 Å². The highest BCUT2D eigenvalue weighted by atomic mass is 16.4. The number of amides is 1. The molecule has 0 aliphatic rings. The fraction of sp³-hybridized carbons (Fsp3) is 0.200. The number of carboxylic acid groups (broad SMARTS) is 1. The number of carbonyl (C=O) groups excluding carboxylic acids is 1. The Morgan fingerprint density at radius 1 is 1.25 bits per heavy atom. The predicted octanol–water partition coefficient (Wildman–Crippen LogP) is -0.433. The largest absolute Gasteiger partial charge is 0.508 e. The molecule has 1 rings (SSSR count). The van der Waals surface area contributed by atoms with Crippen LogP contribution in [0.1, 0.15) is 10.4 Å². The number of phenols is 1. The molecule has 6 heteroatoms. The van der Waals surface area contributed by atoms with Crippen LogP contribution in [0.15, 0.2) is 24.3 Å². The molecule has 0 saturated heterocycles. The zero-order valence-electron chi connectivity index (χ0n) is 8.25. The minimum absolute atomic E-state index is 0.00786. The number of phenolic OH excluding ortho intramolecular Hbond substituents is 1. The molecule has 0 aromatic heterocycles. The van der Waals surface area contributed by atoms with E-state index in [4.69, 9.17) is 15.3 Å². The normalized spacial score (nSPS) is 11.8. The molecule has 0 fully saturated rings. The summed E-state index contributed by atoms with van der Waals surface area (Å²) in [6.45, 7) is -0.681. The van der Waals surface area contributed by atoms with Crippen molar-refractivity contribution in [3.05, 3.63) is 29.8 Å². The minimum atomic E-state index is -1.33. The average molecular weight is 225 g/mol. The first-order valence-electron chi connectivity index (χ1n) is 4.48. The molecule has 0 aliphatic heterocycles. The fourth-order valence-electron chi connectivity index (χ4n) is 1.04. The number of carboxylic acids is 1. The molecule has 1 amide bonds. The quantitative estimate of drug-likeness (QED) is 0.556. The number of nitrogens with one attached hydrogen (secondary N) is 1. The Kier molecular flexibility index (Phi) is 3.84. The first kappa shape index (κ1) is 12.0. The van der Waals surface area contributed by atoms with Crippen LogP contribution in [0.25, 0.3) is 0 Å². The second kappa shape index (κ2) is 5.13. The van der Waals surface area contributed by atoms with Gasteiger partial charge in [-0.1, -0.05) is 0 Å². The highest BCUT2D eigenvalue weighted by Gasteiger charge is 2.19. The SMILES string of the molecule is O=C(N[C@H](CO)C(=O)O)c1ccc(O)cc1. The number of hydrogen-bond donors (Lipinski definition) is 4. The van der Waals surface area contributed by atoms with Crippen LogP contribution in [0.2, 0.25) is 0 Å². The van der Waals surface area contributed by atoms with Gasteiger partial charge in [0.2, 0.25) is 0 Å². The van der Waals surface area contributed by atoms with Crippen LogP contribution in [0.5, 0.6) is 5.75 Å². The minimum Gasteiger partial charge on any atom is -0.508 e. The molecule has 0 unspecified atom stereocenters. The molecule has 6 nitrogen and oxygen atoms in total. The van der Waals surface area contributed by atoms with Gasteiger partial charge in [-0.25, -0.2) is 4.79 Å². The van der Waals surface area contributed by atoms with Crippen molar-refractivity contribution in [2.24, 2.45) is 0 Å². The van der Waals surface area contributed by atoms with Crippen molar-refractivity contribution in [3.8, 4) is 5.75 Å². The zero-order valence-corrected chi connectivity index (χ0v) is 8.25. The lowest BCUT2D eigenvalue weighted by molar-refractivity contribution is -0.140. The van der Waals surface area contributed by atoms with Crippen molar-refractivity contribution in [1.29, 1.82) is 0 Å². The van der Waals surface area contributed by atoms with Gasteiger partial charge in [0.25, 0.3) is 5.91 Å². The lowest BCUT2D eigenvalue weighted by Gasteiger charge is -2.11. The zero-order chi connectivity index (χ0) is 12.1. The number of aliphatic carboxylic acids is 1. The lowest BCUT2D eigenvalue weighted by atomic mass is 10.2. The third kappa shape index (κ3) is 2.96. The van der Waals surface area contributed by atoms with Gasteiger partial charge in [0.05, 0.1) is 6.61 Å². The number of hydrogen-bond acceptors (Lipinski definition) is 4. The van der Waals surface area contributed by atoms with E-state index >= 15 is 0 Å². The van der Waals surface area contributed by atoms with Crippen LogP contribution in [0, 0.1) is 0 Å². The molecule has 4 N–H and O–H groups in total. The molecular weight excluding hydrogens is 214 g/mol. The van der Waals surface area contributed by atoms with Crippen LogP contribution in [0.3, 0.4) is 0 Å². The molecule has 1 aromatic carbocycles. The first-order valence-corrected chi connectivity index (χ1v) is 4.48. The van der Waals surface area contributed by atoms with E-state index in [9.17, 15) is 9.59 Å². The van der Waals surface area contributed by atoms with Gasteiger partial charge in [-0.15, -0.1) is 0 Å². The maximum atomic E-state index is 11.5. The first-order chi connectivity index (χ1) is 7.54. The van der Waals surface area contributed by atoms with E-state index in [2.05, 4.69) is 5.32 Å². The molecule has 0 heterocycles. The van der Waals surface area contributed by atoms with Gasteiger partial charge in [-0.3, -0.25) is 4.79 Å². The number of aliphatic hydroxyl groups is 1. The Morgan fingerprint density at radius 2 is 1.81 bits per heavy atom. The Labute approximate surface area is 91.1 Å². The van der Waals surface area contributed by atoms with Crippen LogP contribution in [-0.4, -0.2) is 39.8 Å². The van der Waals surface area contributed by atoms with Crippen molar-refractivity contribution in [1.82, 2.24) is 5.32 Å². The molecular formula is C10H11NO5. The Balaban J connectivity index is 2.71. The number of carbonyl (C=O) groups is 2. The highest BCUT2D eigenvalue weighted by molar-refractivity contribution is 5.96. The van der Waals surface area contributed by atoms with E-state index in [1.807, 2.05) is 0 Å². The summed E-state index contributed by atoms with van der Waals surface area (Å²) in [5, 5.41) is 28.4. The van der Waals surface area contributed by atoms with Crippen molar-refractivity contribution in [2.75, 3.05) is 6.61 Å². The Hall–Kier alpha value is -2.08. The van der Waals surface area contributed by atoms with E-state index < -0.39 is 24.5 Å². The monoisotopic (exact) mass is 225 g/mol.